The number of ether oxygens (including phenoxy) is 8. The number of nitrogens with one attached hydrogen (secondary N) is 6. The Morgan fingerprint density at radius 1 is 0.448 bits per heavy atom. The summed E-state index contributed by atoms with van der Waals surface area (Å²) in [6, 6.07) is 18.7. The van der Waals surface area contributed by atoms with Gasteiger partial charge in [0.15, 0.2) is 0 Å². The summed E-state index contributed by atoms with van der Waals surface area (Å²) >= 11 is 0. The van der Waals surface area contributed by atoms with Gasteiger partial charge in [-0.05, 0) is 152 Å². The maximum absolute atomic E-state index is 13.2. The molecule has 520 valence electrons. The summed E-state index contributed by atoms with van der Waals surface area (Å²) in [5.41, 5.74) is 19.8. The number of nitrogens with two attached hydrogens (primary N) is 2. The Balaban J connectivity index is 1.29. The normalized spacial score (nSPS) is 12.6. The number of hydrogen-bond donors (Lipinski definition) is 8. The van der Waals surface area contributed by atoms with Crippen molar-refractivity contribution in [3.63, 3.8) is 0 Å². The minimum atomic E-state index is -0.850. The third-order valence-corrected chi connectivity index (χ3v) is 14.7. The highest BCUT2D eigenvalue weighted by Gasteiger charge is 2.27. The van der Waals surface area contributed by atoms with Crippen molar-refractivity contribution in [3.05, 3.63) is 105 Å². The van der Waals surface area contributed by atoms with Gasteiger partial charge in [0, 0.05) is 72.4 Å². The van der Waals surface area contributed by atoms with Crippen LogP contribution in [0.2, 0.25) is 0 Å². The fourth-order valence-electron chi connectivity index (χ4n) is 10.7. The summed E-state index contributed by atoms with van der Waals surface area (Å²) in [5, 5.41) is 18.6. The topological polar surface area (TPSA) is 344 Å². The summed E-state index contributed by atoms with van der Waals surface area (Å²) in [6.07, 6.45) is 6.32. The van der Waals surface area contributed by atoms with Gasteiger partial charge in [-0.2, -0.15) is 29.9 Å². The summed E-state index contributed by atoms with van der Waals surface area (Å²) < 4.78 is 48.5. The van der Waals surface area contributed by atoms with E-state index < -0.39 is 47.4 Å². The molecule has 4 aromatic carbocycles. The highest BCUT2D eigenvalue weighted by Crippen LogP contribution is 2.42. The molecule has 2 amide bonds. The first kappa shape index (κ1) is 73.8. The quantitative estimate of drug-likeness (QED) is 0.0110. The Labute approximate surface area is 563 Å². The first-order valence-electron chi connectivity index (χ1n) is 33.2. The highest BCUT2D eigenvalue weighted by atomic mass is 16.6. The maximum atomic E-state index is 13.2. The van der Waals surface area contributed by atoms with Crippen LogP contribution in [0.4, 0.5) is 56.7 Å². The van der Waals surface area contributed by atoms with Crippen LogP contribution in [0, 0.1) is 0 Å². The van der Waals surface area contributed by atoms with E-state index in [0.717, 1.165) is 81.7 Å². The number of unbranched alkanes of at least 4 members (excludes halogenated alkanes) is 2. The highest BCUT2D eigenvalue weighted by molar-refractivity contribution is 5.79. The molecule has 96 heavy (non-hydrogen) atoms. The lowest BCUT2D eigenvalue weighted by Crippen LogP contribution is -2.34. The van der Waals surface area contributed by atoms with Crippen LogP contribution in [0.5, 0.6) is 23.0 Å². The average Bonchev–Trinajstić information content (AvgIpc) is 0.785. The molecule has 1 aliphatic rings. The molecule has 1 aliphatic carbocycles. The van der Waals surface area contributed by atoms with Crippen molar-refractivity contribution in [2.24, 2.45) is 0 Å². The van der Waals surface area contributed by atoms with Gasteiger partial charge < -0.3 is 81.3 Å². The number of alkyl carbamates (subject to hydrolysis) is 2. The molecule has 0 aliphatic heterocycles. The Morgan fingerprint density at radius 3 is 1.04 bits per heavy atom. The molecule has 0 saturated heterocycles. The van der Waals surface area contributed by atoms with Gasteiger partial charge in [0.1, 0.15) is 46.3 Å². The van der Waals surface area contributed by atoms with E-state index in [-0.39, 0.29) is 35.7 Å². The SMILES string of the molecule is CCCOc1c2cccc1Cc1cc(Nc3nc(N)nc(N[C@@H](CCCCNC(=O)OC(C)(C)C)C(=O)OC)n3)cc(c1OCCC)Cc1cccc(c1OCCC)Cc1cc(Nc3nc(N)nc(N[C@@H](CCCCNC(=O)OC(C)(C)C)C(=O)OC)n3)cc(c1OCCC)C2. The molecule has 8 bridgehead atoms. The minimum Gasteiger partial charge on any atom is -0.493 e. The van der Waals surface area contributed by atoms with Crippen molar-refractivity contribution in [2.75, 3.05) is 86.5 Å². The Morgan fingerprint density at radius 2 is 0.750 bits per heavy atom. The van der Waals surface area contributed by atoms with Crippen LogP contribution in [0.15, 0.2) is 60.7 Å². The molecule has 0 radical (unpaired) electrons. The third-order valence-electron chi connectivity index (χ3n) is 14.7. The van der Waals surface area contributed by atoms with Crippen molar-refractivity contribution in [1.29, 1.82) is 0 Å². The van der Waals surface area contributed by atoms with Crippen molar-refractivity contribution in [2.45, 2.75) is 182 Å². The van der Waals surface area contributed by atoms with Crippen LogP contribution in [0.1, 0.15) is 178 Å². The van der Waals surface area contributed by atoms with E-state index in [4.69, 9.17) is 59.3 Å². The van der Waals surface area contributed by atoms with Crippen molar-refractivity contribution in [3.8, 4) is 23.0 Å². The fraction of sp³-hybridized carbons (Fsp3) is 0.514. The molecule has 7 rings (SSSR count). The number of carbonyl (C=O) groups is 4. The lowest BCUT2D eigenvalue weighted by Gasteiger charge is -2.24. The molecular formula is C70H98N14O12. The second-order valence-corrected chi connectivity index (χ2v) is 25.4. The van der Waals surface area contributed by atoms with E-state index in [9.17, 15) is 19.2 Å². The van der Waals surface area contributed by atoms with E-state index in [1.54, 1.807) is 41.5 Å². The molecule has 6 aromatic rings. The molecule has 26 heteroatoms. The zero-order valence-electron chi connectivity index (χ0n) is 57.8. The number of carbonyl (C=O) groups excluding carboxylic acids is 4. The number of hydrogen-bond acceptors (Lipinski definition) is 24. The van der Waals surface area contributed by atoms with Crippen molar-refractivity contribution < 1.29 is 57.1 Å². The molecule has 2 aromatic heterocycles. The molecule has 10 N–H and O–H groups in total. The second kappa shape index (κ2) is 35.8. The van der Waals surface area contributed by atoms with E-state index >= 15 is 0 Å². The second-order valence-electron chi connectivity index (χ2n) is 25.4. The van der Waals surface area contributed by atoms with Gasteiger partial charge >= 0.3 is 24.1 Å². The zero-order valence-corrected chi connectivity index (χ0v) is 57.8. The smallest absolute Gasteiger partial charge is 0.407 e. The predicted molar refractivity (Wildman–Crippen MR) is 370 cm³/mol. The molecule has 0 saturated carbocycles. The summed E-state index contributed by atoms with van der Waals surface area (Å²) in [6.45, 7) is 21.5. The number of methoxy groups -OCH3 is 2. The van der Waals surface area contributed by atoms with Gasteiger partial charge in [-0.25, -0.2) is 19.2 Å². The number of aromatic nitrogens is 6. The monoisotopic (exact) mass is 1330 g/mol. The number of para-hydroxylation sites is 2. The number of anilines is 8. The van der Waals surface area contributed by atoms with Gasteiger partial charge in [-0.3, -0.25) is 0 Å². The lowest BCUT2D eigenvalue weighted by molar-refractivity contribution is -0.142. The third kappa shape index (κ3) is 22.8. The summed E-state index contributed by atoms with van der Waals surface area (Å²) in [5.74, 6) is 1.97. The predicted octanol–water partition coefficient (Wildman–Crippen LogP) is 11.8. The lowest BCUT2D eigenvalue weighted by atomic mass is 9.90. The average molecular weight is 1330 g/mol. The van der Waals surface area contributed by atoms with Gasteiger partial charge in [-0.15, -0.1) is 0 Å². The summed E-state index contributed by atoms with van der Waals surface area (Å²) in [7, 11) is 2.62. The van der Waals surface area contributed by atoms with Gasteiger partial charge in [0.25, 0.3) is 0 Å². The molecule has 2 heterocycles. The van der Waals surface area contributed by atoms with E-state index in [1.165, 1.54) is 14.2 Å². The van der Waals surface area contributed by atoms with E-state index in [0.29, 0.717) is 127 Å². The number of amides is 2. The van der Waals surface area contributed by atoms with Crippen molar-refractivity contribution in [1.82, 2.24) is 40.5 Å². The zero-order chi connectivity index (χ0) is 69.4. The standard InChI is InChI=1S/C70H98N14O12/c1-13-31-91-55-43-23-21-24-44(55)36-48-40-52(76-64-80-62(72)82-66(84-64)78-54(60(86)90-12)28-18-20-30-74-68(88)96-70(8,9)10)42-50(58(48)94-34-16-4)38-46-26-22-25-45(56(46)92-32-14-2)37-49-41-51(39-47(35-43)57(49)93-33-15-3)75-63-79-61(71)81-65(83-63)77-53(59(85)89-11)27-17-19-29-73-67(87)95-69(5,6)7/h21-26,39-42,53-54H,13-20,27-38H2,1-12H3,(H,73,87)(H,74,88)(H4,71,75,77,79,81,83)(H4,72,76,78,80,82,84)/t53-,54-/m0/s1. The van der Waals surface area contributed by atoms with Crippen LogP contribution in [0.3, 0.4) is 0 Å². The molecule has 26 nitrogen and oxygen atoms in total. The minimum absolute atomic E-state index is 0.0521. The molecule has 0 unspecified atom stereocenters. The van der Waals surface area contributed by atoms with Crippen LogP contribution >= 0.6 is 0 Å². The van der Waals surface area contributed by atoms with Crippen LogP contribution in [-0.4, -0.2) is 131 Å². The molecule has 2 atom stereocenters. The molecular weight excluding hydrogens is 1230 g/mol. The Kier molecular flexibility index (Phi) is 27.5. The maximum Gasteiger partial charge on any atom is 0.407 e. The van der Waals surface area contributed by atoms with Gasteiger partial charge in [0.2, 0.25) is 35.7 Å². The van der Waals surface area contributed by atoms with Crippen LogP contribution in [0.25, 0.3) is 0 Å². The largest absolute Gasteiger partial charge is 0.493 e. The first-order valence-corrected chi connectivity index (χ1v) is 33.2. The number of rotatable bonds is 32. The van der Waals surface area contributed by atoms with E-state index in [1.807, 2.05) is 36.4 Å². The number of benzene rings is 4. The first-order chi connectivity index (χ1) is 46.0. The molecule has 0 spiro atoms. The number of esters is 2. The van der Waals surface area contributed by atoms with Gasteiger partial charge in [-0.1, -0.05) is 64.1 Å². The van der Waals surface area contributed by atoms with Crippen LogP contribution in [-0.2, 0) is 54.2 Å². The number of nitrogen functional groups attached to an aromatic ring is 2. The fourth-order valence-corrected chi connectivity index (χ4v) is 10.7. The Bertz CT molecular complexity index is 3260. The van der Waals surface area contributed by atoms with Crippen molar-refractivity contribution >= 4 is 71.2 Å². The number of nitrogens with zero attached hydrogens (tertiary/aromatic N) is 6. The van der Waals surface area contributed by atoms with Gasteiger partial charge in [0.05, 0.1) is 40.6 Å². The summed E-state index contributed by atoms with van der Waals surface area (Å²) in [4.78, 5) is 78.1. The number of fused-ring (bicyclic) bond motifs is 8. The van der Waals surface area contributed by atoms with Crippen LogP contribution < -0.4 is 62.3 Å². The molecule has 0 fully saturated rings. The van der Waals surface area contributed by atoms with E-state index in [2.05, 4.69) is 104 Å². The Hall–Kier alpha value is -9.62.